The summed E-state index contributed by atoms with van der Waals surface area (Å²) in [4.78, 5) is 20.4. The van der Waals surface area contributed by atoms with Crippen molar-refractivity contribution in [3.8, 4) is 17.0 Å². The first-order valence-electron chi connectivity index (χ1n) is 9.38. The van der Waals surface area contributed by atoms with Gasteiger partial charge in [0.1, 0.15) is 5.75 Å². The summed E-state index contributed by atoms with van der Waals surface area (Å²) in [6, 6.07) is 15.2. The number of aryl methyl sites for hydroxylation is 1. The number of hydrogen-bond donors (Lipinski definition) is 0. The molecule has 0 N–H and O–H groups in total. The van der Waals surface area contributed by atoms with Crippen molar-refractivity contribution in [3.63, 3.8) is 0 Å². The second-order valence-corrected chi connectivity index (χ2v) is 7.64. The summed E-state index contributed by atoms with van der Waals surface area (Å²) < 4.78 is 5.53. The fourth-order valence-corrected chi connectivity index (χ4v) is 4.16. The standard InChI is InChI=1S/C22H23ClN2O2S/c1-4-19-21(15-10-12-18(13-11-15)27-6-3)24-22(28-19)25(20(26)5-2)17-9-7-8-16(23)14-17/h7-14H,4-6H2,1-3H3. The molecular weight excluding hydrogens is 392 g/mol. The number of hydrogen-bond acceptors (Lipinski definition) is 4. The van der Waals surface area contributed by atoms with Gasteiger partial charge in [-0.3, -0.25) is 9.69 Å². The molecule has 28 heavy (non-hydrogen) atoms. The maximum Gasteiger partial charge on any atom is 0.233 e. The third-order valence-corrected chi connectivity index (χ3v) is 5.68. The molecule has 0 fully saturated rings. The molecule has 0 saturated heterocycles. The highest BCUT2D eigenvalue weighted by molar-refractivity contribution is 7.16. The summed E-state index contributed by atoms with van der Waals surface area (Å²) in [5, 5.41) is 1.25. The van der Waals surface area contributed by atoms with Gasteiger partial charge in [-0.25, -0.2) is 4.98 Å². The highest BCUT2D eigenvalue weighted by Gasteiger charge is 2.23. The minimum atomic E-state index is -0.0167. The van der Waals surface area contributed by atoms with Gasteiger partial charge >= 0.3 is 0 Å². The Kier molecular flexibility index (Phi) is 6.70. The quantitative estimate of drug-likeness (QED) is 0.443. The fraction of sp³-hybridized carbons (Fsp3) is 0.273. The van der Waals surface area contributed by atoms with Crippen LogP contribution in [-0.4, -0.2) is 17.5 Å². The van der Waals surface area contributed by atoms with Crippen LogP contribution in [0.1, 0.15) is 32.1 Å². The molecule has 0 unspecified atom stereocenters. The zero-order chi connectivity index (χ0) is 20.1. The van der Waals surface area contributed by atoms with Gasteiger partial charge in [-0.15, -0.1) is 11.3 Å². The number of anilines is 2. The van der Waals surface area contributed by atoms with E-state index >= 15 is 0 Å². The van der Waals surface area contributed by atoms with Gasteiger partial charge in [0.2, 0.25) is 5.91 Å². The van der Waals surface area contributed by atoms with Crippen LogP contribution >= 0.6 is 22.9 Å². The predicted octanol–water partition coefficient (Wildman–Crippen LogP) is 6.50. The lowest BCUT2D eigenvalue weighted by molar-refractivity contribution is -0.117. The van der Waals surface area contributed by atoms with Crippen LogP contribution in [0.5, 0.6) is 5.75 Å². The van der Waals surface area contributed by atoms with E-state index in [1.165, 1.54) is 0 Å². The first-order chi connectivity index (χ1) is 13.6. The van der Waals surface area contributed by atoms with E-state index in [1.54, 1.807) is 28.4 Å². The molecule has 2 aromatic carbocycles. The van der Waals surface area contributed by atoms with E-state index < -0.39 is 0 Å². The number of amides is 1. The van der Waals surface area contributed by atoms with Crippen molar-refractivity contribution in [1.29, 1.82) is 0 Å². The van der Waals surface area contributed by atoms with Crippen molar-refractivity contribution in [2.24, 2.45) is 0 Å². The summed E-state index contributed by atoms with van der Waals surface area (Å²) in [6.07, 6.45) is 1.22. The largest absolute Gasteiger partial charge is 0.494 e. The third kappa shape index (κ3) is 4.37. The van der Waals surface area contributed by atoms with E-state index in [0.717, 1.165) is 34.0 Å². The average molecular weight is 415 g/mol. The third-order valence-electron chi connectivity index (χ3n) is 4.26. The SMILES string of the molecule is CCOc1ccc(-c2nc(N(C(=O)CC)c3cccc(Cl)c3)sc2CC)cc1. The van der Waals surface area contributed by atoms with Gasteiger partial charge in [-0.2, -0.15) is 0 Å². The number of rotatable bonds is 7. The maximum absolute atomic E-state index is 12.7. The van der Waals surface area contributed by atoms with Crippen LogP contribution in [0.2, 0.25) is 5.02 Å². The molecule has 0 aliphatic heterocycles. The Balaban J connectivity index is 2.04. The van der Waals surface area contributed by atoms with Crippen LogP contribution in [-0.2, 0) is 11.2 Å². The molecule has 0 atom stereocenters. The van der Waals surface area contributed by atoms with E-state index in [4.69, 9.17) is 21.3 Å². The molecule has 1 amide bonds. The smallest absolute Gasteiger partial charge is 0.233 e. The number of benzene rings is 2. The zero-order valence-electron chi connectivity index (χ0n) is 16.2. The molecular formula is C22H23ClN2O2S. The van der Waals surface area contributed by atoms with Gasteiger partial charge in [-0.05, 0) is 55.8 Å². The number of carbonyl (C=O) groups excluding carboxylic acids is 1. The minimum Gasteiger partial charge on any atom is -0.494 e. The second-order valence-electron chi connectivity index (χ2n) is 6.14. The molecule has 0 saturated carbocycles. The van der Waals surface area contributed by atoms with Crippen LogP contribution in [0.15, 0.2) is 48.5 Å². The number of aromatic nitrogens is 1. The molecule has 1 heterocycles. The highest BCUT2D eigenvalue weighted by atomic mass is 35.5. The summed E-state index contributed by atoms with van der Waals surface area (Å²) in [7, 11) is 0. The number of thiazole rings is 1. The van der Waals surface area contributed by atoms with Crippen molar-refractivity contribution in [2.75, 3.05) is 11.5 Å². The summed E-state index contributed by atoms with van der Waals surface area (Å²) >= 11 is 7.70. The Morgan fingerprint density at radius 2 is 1.89 bits per heavy atom. The molecule has 0 radical (unpaired) electrons. The average Bonchev–Trinajstić information content (AvgIpc) is 3.13. The molecule has 3 rings (SSSR count). The van der Waals surface area contributed by atoms with Gasteiger partial charge in [-0.1, -0.05) is 31.5 Å². The Morgan fingerprint density at radius 1 is 1.14 bits per heavy atom. The topological polar surface area (TPSA) is 42.4 Å². The van der Waals surface area contributed by atoms with E-state index in [-0.39, 0.29) is 5.91 Å². The van der Waals surface area contributed by atoms with Crippen LogP contribution in [0.3, 0.4) is 0 Å². The minimum absolute atomic E-state index is 0.0167. The molecule has 0 aliphatic carbocycles. The van der Waals surface area contributed by atoms with Crippen molar-refractivity contribution >= 4 is 39.7 Å². The van der Waals surface area contributed by atoms with Crippen LogP contribution in [0, 0.1) is 0 Å². The van der Waals surface area contributed by atoms with Crippen molar-refractivity contribution in [2.45, 2.75) is 33.6 Å². The zero-order valence-corrected chi connectivity index (χ0v) is 17.8. The van der Waals surface area contributed by atoms with Crippen LogP contribution < -0.4 is 9.64 Å². The van der Waals surface area contributed by atoms with Crippen molar-refractivity contribution < 1.29 is 9.53 Å². The molecule has 6 heteroatoms. The van der Waals surface area contributed by atoms with E-state index in [1.807, 2.05) is 50.2 Å². The number of halogens is 1. The Hall–Kier alpha value is -2.37. The van der Waals surface area contributed by atoms with E-state index in [9.17, 15) is 4.79 Å². The molecule has 4 nitrogen and oxygen atoms in total. The van der Waals surface area contributed by atoms with E-state index in [2.05, 4.69) is 6.92 Å². The summed E-state index contributed by atoms with van der Waals surface area (Å²) in [5.74, 6) is 0.818. The van der Waals surface area contributed by atoms with Crippen molar-refractivity contribution in [3.05, 3.63) is 58.4 Å². The summed E-state index contributed by atoms with van der Waals surface area (Å²) in [5.41, 5.74) is 2.65. The van der Waals surface area contributed by atoms with Crippen LogP contribution in [0.4, 0.5) is 10.8 Å². The lowest BCUT2D eigenvalue weighted by Crippen LogP contribution is -2.24. The lowest BCUT2D eigenvalue weighted by Gasteiger charge is -2.19. The predicted molar refractivity (Wildman–Crippen MR) is 117 cm³/mol. The Bertz CT molecular complexity index is 953. The second kappa shape index (κ2) is 9.22. The number of nitrogens with zero attached hydrogens (tertiary/aromatic N) is 2. The normalized spacial score (nSPS) is 10.7. The van der Waals surface area contributed by atoms with E-state index in [0.29, 0.717) is 23.2 Å². The monoisotopic (exact) mass is 414 g/mol. The van der Waals surface area contributed by atoms with Crippen molar-refractivity contribution in [1.82, 2.24) is 4.98 Å². The molecule has 146 valence electrons. The lowest BCUT2D eigenvalue weighted by atomic mass is 10.1. The number of carbonyl (C=O) groups is 1. The fourth-order valence-electron chi connectivity index (χ4n) is 2.91. The molecule has 0 spiro atoms. The van der Waals surface area contributed by atoms with Gasteiger partial charge in [0, 0.05) is 21.9 Å². The molecule has 0 aliphatic rings. The Labute approximate surface area is 174 Å². The van der Waals surface area contributed by atoms with Crippen LogP contribution in [0.25, 0.3) is 11.3 Å². The van der Waals surface area contributed by atoms with Gasteiger partial charge < -0.3 is 4.74 Å². The molecule has 1 aromatic heterocycles. The number of ether oxygens (including phenoxy) is 1. The summed E-state index contributed by atoms with van der Waals surface area (Å²) in [6.45, 7) is 6.54. The molecule has 3 aromatic rings. The maximum atomic E-state index is 12.7. The van der Waals surface area contributed by atoms with Gasteiger partial charge in [0.15, 0.2) is 5.13 Å². The highest BCUT2D eigenvalue weighted by Crippen LogP contribution is 2.38. The first kappa shape index (κ1) is 20.4. The van der Waals surface area contributed by atoms with Gasteiger partial charge in [0.05, 0.1) is 18.0 Å². The molecule has 0 bridgehead atoms. The van der Waals surface area contributed by atoms with Gasteiger partial charge in [0.25, 0.3) is 0 Å². The Morgan fingerprint density at radius 3 is 2.50 bits per heavy atom. The first-order valence-corrected chi connectivity index (χ1v) is 10.6.